The Morgan fingerprint density at radius 2 is 1.46 bits per heavy atom. The van der Waals surface area contributed by atoms with Gasteiger partial charge >= 0.3 is 0 Å². The fraction of sp³-hybridized carbons (Fsp3) is 0.0870. The second kappa shape index (κ2) is 9.15. The van der Waals surface area contributed by atoms with Crippen molar-refractivity contribution in [1.29, 1.82) is 5.26 Å². The first-order chi connectivity index (χ1) is 13.7. The molecular formula is C23H19N3O2. The van der Waals surface area contributed by atoms with Gasteiger partial charge in [0, 0.05) is 17.8 Å². The molecule has 0 bridgehead atoms. The number of hydrogen-bond donors (Lipinski definition) is 2. The average Bonchev–Trinajstić information content (AvgIpc) is 2.74. The predicted molar refractivity (Wildman–Crippen MR) is 108 cm³/mol. The molecule has 0 atom stereocenters. The molecule has 0 aliphatic heterocycles. The summed E-state index contributed by atoms with van der Waals surface area (Å²) in [6.07, 6.45) is -0.156. The maximum Gasteiger partial charge on any atom is 0.255 e. The van der Waals surface area contributed by atoms with Gasteiger partial charge in [-0.05, 0) is 41.0 Å². The first kappa shape index (κ1) is 18.9. The van der Waals surface area contributed by atoms with Gasteiger partial charge in [0.2, 0.25) is 5.91 Å². The van der Waals surface area contributed by atoms with E-state index in [1.165, 1.54) is 0 Å². The van der Waals surface area contributed by atoms with Crippen LogP contribution in [0.25, 0.3) is 11.1 Å². The fourth-order valence-electron chi connectivity index (χ4n) is 2.69. The molecule has 0 saturated heterocycles. The van der Waals surface area contributed by atoms with Crippen LogP contribution in [0.1, 0.15) is 22.3 Å². The van der Waals surface area contributed by atoms with Gasteiger partial charge in [0.15, 0.2) is 0 Å². The van der Waals surface area contributed by atoms with Crippen molar-refractivity contribution in [2.75, 3.05) is 5.32 Å². The number of carbonyl (C=O) groups is 2. The molecule has 0 saturated carbocycles. The van der Waals surface area contributed by atoms with Gasteiger partial charge in [-0.15, -0.1) is 0 Å². The fourth-order valence-corrected chi connectivity index (χ4v) is 2.69. The van der Waals surface area contributed by atoms with Crippen molar-refractivity contribution in [3.8, 4) is 17.2 Å². The average molecular weight is 369 g/mol. The van der Waals surface area contributed by atoms with Crippen LogP contribution in [-0.2, 0) is 11.3 Å². The molecule has 0 aliphatic carbocycles. The Labute approximate surface area is 163 Å². The van der Waals surface area contributed by atoms with Crippen LogP contribution in [0.4, 0.5) is 5.69 Å². The van der Waals surface area contributed by atoms with Gasteiger partial charge in [-0.1, -0.05) is 54.6 Å². The quantitative estimate of drug-likeness (QED) is 0.685. The highest BCUT2D eigenvalue weighted by molar-refractivity contribution is 6.04. The van der Waals surface area contributed by atoms with E-state index < -0.39 is 0 Å². The van der Waals surface area contributed by atoms with Crippen LogP contribution in [0.5, 0.6) is 0 Å². The third kappa shape index (κ3) is 5.05. The maximum atomic E-state index is 12.4. The van der Waals surface area contributed by atoms with Crippen LogP contribution < -0.4 is 10.6 Å². The molecule has 3 aromatic rings. The maximum absolute atomic E-state index is 12.4. The molecule has 3 aromatic carbocycles. The molecule has 0 unspecified atom stereocenters. The van der Waals surface area contributed by atoms with E-state index in [4.69, 9.17) is 5.26 Å². The van der Waals surface area contributed by atoms with Crippen LogP contribution in [0.3, 0.4) is 0 Å². The Morgan fingerprint density at radius 3 is 2.11 bits per heavy atom. The number of rotatable bonds is 6. The van der Waals surface area contributed by atoms with Crippen molar-refractivity contribution in [3.63, 3.8) is 0 Å². The summed E-state index contributed by atoms with van der Waals surface area (Å²) in [5.41, 5.74) is 4.29. The number of hydrogen-bond acceptors (Lipinski definition) is 3. The zero-order valence-corrected chi connectivity index (χ0v) is 15.2. The van der Waals surface area contributed by atoms with E-state index >= 15 is 0 Å². The smallest absolute Gasteiger partial charge is 0.255 e. The number of carbonyl (C=O) groups excluding carboxylic acids is 2. The molecule has 2 amide bonds. The third-order valence-electron chi connectivity index (χ3n) is 4.20. The topological polar surface area (TPSA) is 82.0 Å². The zero-order valence-electron chi connectivity index (χ0n) is 15.2. The molecule has 138 valence electrons. The van der Waals surface area contributed by atoms with Crippen molar-refractivity contribution in [2.24, 2.45) is 0 Å². The summed E-state index contributed by atoms with van der Waals surface area (Å²) in [7, 11) is 0. The largest absolute Gasteiger partial charge is 0.351 e. The standard InChI is InChI=1S/C23H19N3O2/c24-15-14-22(27)25-16-17-6-12-21(13-7-17)26-23(28)20-10-8-19(9-11-20)18-4-2-1-3-5-18/h1-13H,14,16H2,(H,25,27)(H,26,28). The summed E-state index contributed by atoms with van der Waals surface area (Å²) < 4.78 is 0. The van der Waals surface area contributed by atoms with Crippen molar-refractivity contribution in [1.82, 2.24) is 5.32 Å². The van der Waals surface area contributed by atoms with Crippen LogP contribution in [0.15, 0.2) is 78.9 Å². The lowest BCUT2D eigenvalue weighted by molar-refractivity contribution is -0.120. The van der Waals surface area contributed by atoms with Gasteiger partial charge < -0.3 is 10.6 Å². The zero-order chi connectivity index (χ0) is 19.8. The number of nitriles is 1. The highest BCUT2D eigenvalue weighted by Gasteiger charge is 2.07. The van der Waals surface area contributed by atoms with E-state index in [0.29, 0.717) is 17.8 Å². The van der Waals surface area contributed by atoms with E-state index in [1.54, 1.807) is 30.3 Å². The normalized spacial score (nSPS) is 9.96. The molecule has 0 radical (unpaired) electrons. The van der Waals surface area contributed by atoms with E-state index in [2.05, 4.69) is 10.6 Å². The molecule has 5 nitrogen and oxygen atoms in total. The van der Waals surface area contributed by atoms with Crippen LogP contribution in [-0.4, -0.2) is 11.8 Å². The van der Waals surface area contributed by atoms with Crippen molar-refractivity contribution in [2.45, 2.75) is 13.0 Å². The summed E-state index contributed by atoms with van der Waals surface area (Å²) in [6, 6.07) is 26.4. The summed E-state index contributed by atoms with van der Waals surface area (Å²) in [5.74, 6) is -0.492. The molecule has 0 spiro atoms. The van der Waals surface area contributed by atoms with Crippen molar-refractivity contribution >= 4 is 17.5 Å². The van der Waals surface area contributed by atoms with Gasteiger partial charge in [-0.2, -0.15) is 5.26 Å². The number of nitrogens with one attached hydrogen (secondary N) is 2. The molecule has 2 N–H and O–H groups in total. The summed E-state index contributed by atoms with van der Waals surface area (Å²) >= 11 is 0. The minimum atomic E-state index is -0.307. The summed E-state index contributed by atoms with van der Waals surface area (Å²) in [6.45, 7) is 0.343. The lowest BCUT2D eigenvalue weighted by Crippen LogP contribution is -2.21. The molecule has 5 heteroatoms. The third-order valence-corrected chi connectivity index (χ3v) is 4.20. The van der Waals surface area contributed by atoms with Gasteiger partial charge in [-0.25, -0.2) is 0 Å². The molecular weight excluding hydrogens is 350 g/mol. The molecule has 0 aromatic heterocycles. The molecule has 0 fully saturated rings. The Hall–Kier alpha value is -3.91. The SMILES string of the molecule is N#CCC(=O)NCc1ccc(NC(=O)c2ccc(-c3ccccc3)cc2)cc1. The lowest BCUT2D eigenvalue weighted by atomic mass is 10.0. The highest BCUT2D eigenvalue weighted by atomic mass is 16.2. The second-order valence-corrected chi connectivity index (χ2v) is 6.21. The predicted octanol–water partition coefficient (Wildman–Crippen LogP) is 4.14. The Morgan fingerprint density at radius 1 is 0.821 bits per heavy atom. The Kier molecular flexibility index (Phi) is 6.17. The first-order valence-corrected chi connectivity index (χ1v) is 8.85. The molecule has 0 aliphatic rings. The molecule has 28 heavy (non-hydrogen) atoms. The second-order valence-electron chi connectivity index (χ2n) is 6.21. The van der Waals surface area contributed by atoms with Gasteiger partial charge in [0.05, 0.1) is 6.07 Å². The van der Waals surface area contributed by atoms with Crippen LogP contribution >= 0.6 is 0 Å². The van der Waals surface area contributed by atoms with Gasteiger partial charge in [0.1, 0.15) is 6.42 Å². The highest BCUT2D eigenvalue weighted by Crippen LogP contribution is 2.20. The summed E-state index contributed by atoms with van der Waals surface area (Å²) in [4.78, 5) is 23.7. The van der Waals surface area contributed by atoms with E-state index in [0.717, 1.165) is 16.7 Å². The van der Waals surface area contributed by atoms with Crippen LogP contribution in [0, 0.1) is 11.3 Å². The van der Waals surface area contributed by atoms with Gasteiger partial charge in [0.25, 0.3) is 5.91 Å². The Balaban J connectivity index is 1.58. The minimum Gasteiger partial charge on any atom is -0.351 e. The van der Waals surface area contributed by atoms with Crippen LogP contribution in [0.2, 0.25) is 0 Å². The molecule has 3 rings (SSSR count). The number of nitrogens with zero attached hydrogens (tertiary/aromatic N) is 1. The number of anilines is 1. The first-order valence-electron chi connectivity index (χ1n) is 8.85. The minimum absolute atomic E-state index is 0.156. The van der Waals surface area contributed by atoms with Crippen molar-refractivity contribution in [3.05, 3.63) is 90.0 Å². The number of amides is 2. The Bertz CT molecular complexity index is 989. The number of benzene rings is 3. The van der Waals surface area contributed by atoms with Crippen molar-refractivity contribution < 1.29 is 9.59 Å². The van der Waals surface area contributed by atoms with Gasteiger partial charge in [-0.3, -0.25) is 9.59 Å². The van der Waals surface area contributed by atoms with E-state index in [1.807, 2.05) is 54.6 Å². The summed E-state index contributed by atoms with van der Waals surface area (Å²) in [5, 5.41) is 14.0. The monoisotopic (exact) mass is 369 g/mol. The van der Waals surface area contributed by atoms with E-state index in [-0.39, 0.29) is 18.2 Å². The van der Waals surface area contributed by atoms with E-state index in [9.17, 15) is 9.59 Å². The molecule has 0 heterocycles. The lowest BCUT2D eigenvalue weighted by Gasteiger charge is -2.08.